The first kappa shape index (κ1) is 31.5. The Hall–Kier alpha value is -4.46. The van der Waals surface area contributed by atoms with E-state index in [4.69, 9.17) is 20.9 Å². The summed E-state index contributed by atoms with van der Waals surface area (Å²) in [4.78, 5) is 64.7. The number of likely N-dealkylation sites (tertiary alicyclic amines) is 1. The number of amides is 2. The van der Waals surface area contributed by atoms with Gasteiger partial charge in [-0.05, 0) is 43.4 Å². The number of methoxy groups -OCH3 is 1. The molecule has 1 fully saturated rings. The van der Waals surface area contributed by atoms with Crippen molar-refractivity contribution in [3.05, 3.63) is 45.9 Å². The zero-order chi connectivity index (χ0) is 30.9. The Kier molecular flexibility index (Phi) is 10.7. The lowest BCUT2D eigenvalue weighted by molar-refractivity contribution is -0.140. The number of imidazole rings is 1. The molecule has 2 amide bonds. The second-order valence-corrected chi connectivity index (χ2v) is 10.6. The zero-order valence-corrected chi connectivity index (χ0v) is 24.7. The first-order valence-corrected chi connectivity index (χ1v) is 14.5. The van der Waals surface area contributed by atoms with Crippen LogP contribution in [0.1, 0.15) is 50.2 Å². The van der Waals surface area contributed by atoms with Crippen molar-refractivity contribution in [2.45, 2.75) is 64.6 Å². The summed E-state index contributed by atoms with van der Waals surface area (Å²) >= 11 is 0. The third-order valence-corrected chi connectivity index (χ3v) is 7.52. The van der Waals surface area contributed by atoms with Gasteiger partial charge in [0.25, 0.3) is 0 Å². The number of nitrogens with two attached hydrogens (primary N) is 2. The van der Waals surface area contributed by atoms with E-state index in [1.54, 1.807) is 4.90 Å². The average molecular weight is 597 g/mol. The molecule has 1 unspecified atom stereocenters. The number of nitrogen functional groups attached to an aromatic ring is 1. The molecule has 43 heavy (non-hydrogen) atoms. The number of benzene rings is 1. The minimum absolute atomic E-state index is 0.0588. The molecule has 3 aromatic rings. The zero-order valence-electron chi connectivity index (χ0n) is 24.7. The Bertz CT molecular complexity index is 1480. The molecule has 0 aliphatic carbocycles. The number of esters is 1. The number of anilines is 1. The Morgan fingerprint density at radius 3 is 2.58 bits per heavy atom. The topological polar surface area (TPSA) is 192 Å². The van der Waals surface area contributed by atoms with Gasteiger partial charge in [0, 0.05) is 19.6 Å². The van der Waals surface area contributed by atoms with Gasteiger partial charge >= 0.3 is 17.7 Å². The Labute approximate surface area is 249 Å². The number of ether oxygens (including phenoxy) is 2. The molecular formula is C29H40N8O6. The predicted octanol–water partition coefficient (Wildman–Crippen LogP) is 0.965. The van der Waals surface area contributed by atoms with Gasteiger partial charge in [0.05, 0.1) is 32.7 Å². The van der Waals surface area contributed by atoms with E-state index in [0.717, 1.165) is 30.4 Å². The predicted molar refractivity (Wildman–Crippen MR) is 159 cm³/mol. The van der Waals surface area contributed by atoms with Crippen LogP contribution in [-0.4, -0.2) is 86.5 Å². The summed E-state index contributed by atoms with van der Waals surface area (Å²) in [6, 6.07) is 7.03. The van der Waals surface area contributed by atoms with E-state index in [-0.39, 0.29) is 48.9 Å². The number of nitrogens with zero attached hydrogens (tertiary/aromatic N) is 5. The van der Waals surface area contributed by atoms with Crippen molar-refractivity contribution in [1.29, 1.82) is 0 Å². The van der Waals surface area contributed by atoms with Gasteiger partial charge in [-0.2, -0.15) is 9.97 Å². The van der Waals surface area contributed by atoms with Crippen LogP contribution in [0.2, 0.25) is 0 Å². The molecule has 0 radical (unpaired) electrons. The maximum Gasteiger partial charge on any atom is 0.327 e. The molecule has 1 aliphatic heterocycles. The highest BCUT2D eigenvalue weighted by molar-refractivity contribution is 5.83. The summed E-state index contributed by atoms with van der Waals surface area (Å²) in [5, 5.41) is 0. The first-order chi connectivity index (χ1) is 20.7. The molecule has 0 bridgehead atoms. The number of nitrogens with one attached hydrogen (secondary N) is 1. The van der Waals surface area contributed by atoms with Crippen LogP contribution in [0.3, 0.4) is 0 Å². The van der Waals surface area contributed by atoms with E-state index in [1.807, 2.05) is 36.1 Å². The van der Waals surface area contributed by atoms with Crippen molar-refractivity contribution in [2.75, 3.05) is 39.1 Å². The Morgan fingerprint density at radius 2 is 1.88 bits per heavy atom. The van der Waals surface area contributed by atoms with E-state index in [9.17, 15) is 19.2 Å². The molecule has 0 spiro atoms. The van der Waals surface area contributed by atoms with Crippen LogP contribution < -0.4 is 21.9 Å². The van der Waals surface area contributed by atoms with E-state index in [0.29, 0.717) is 50.2 Å². The van der Waals surface area contributed by atoms with Gasteiger partial charge in [0.15, 0.2) is 11.5 Å². The SMILES string of the molecule is CCCCOc1nc(N)c2[nH]c(=O)n(CCCN(Cc3ccc(CC(=O)OC)cc3)C(=O)CN3CCCC3C(N)=O)c2n1. The highest BCUT2D eigenvalue weighted by atomic mass is 16.5. The third-order valence-electron chi connectivity index (χ3n) is 7.52. The van der Waals surface area contributed by atoms with E-state index in [2.05, 4.69) is 15.0 Å². The highest BCUT2D eigenvalue weighted by Gasteiger charge is 2.31. The monoisotopic (exact) mass is 596 g/mol. The van der Waals surface area contributed by atoms with Gasteiger partial charge in [-0.3, -0.25) is 23.9 Å². The molecule has 1 aliphatic rings. The molecule has 0 saturated carbocycles. The van der Waals surface area contributed by atoms with E-state index < -0.39 is 11.9 Å². The van der Waals surface area contributed by atoms with Crippen LogP contribution in [0.5, 0.6) is 6.01 Å². The number of fused-ring (bicyclic) bond motifs is 1. The maximum absolute atomic E-state index is 13.6. The van der Waals surface area contributed by atoms with Crippen molar-refractivity contribution < 1.29 is 23.9 Å². The fourth-order valence-electron chi connectivity index (χ4n) is 5.16. The number of hydrogen-bond acceptors (Lipinski definition) is 10. The van der Waals surface area contributed by atoms with Crippen LogP contribution >= 0.6 is 0 Å². The lowest BCUT2D eigenvalue weighted by atomic mass is 10.1. The smallest absolute Gasteiger partial charge is 0.327 e. The average Bonchev–Trinajstić information content (AvgIpc) is 3.58. The summed E-state index contributed by atoms with van der Waals surface area (Å²) in [7, 11) is 1.34. The summed E-state index contributed by atoms with van der Waals surface area (Å²) in [6.07, 6.45) is 3.79. The standard InChI is InChI=1S/C29H40N8O6/c1-3-4-15-43-28-33-25(30)24-27(34-28)37(29(41)32-24)14-6-13-36(22(38)18-35-12-5-7-21(35)26(31)40)17-20-10-8-19(9-11-20)16-23(39)42-2/h8-11,21H,3-7,12-18H2,1-2H3,(H2,31,40)(H,32,41)(H2,30,33,34). The number of primary amides is 1. The Balaban J connectivity index is 1.49. The number of aryl methyl sites for hydroxylation is 1. The van der Waals surface area contributed by atoms with Gasteiger partial charge in [0.1, 0.15) is 5.52 Å². The normalized spacial score (nSPS) is 15.1. The number of aromatic nitrogens is 4. The van der Waals surface area contributed by atoms with Crippen molar-refractivity contribution in [2.24, 2.45) is 5.73 Å². The highest BCUT2D eigenvalue weighted by Crippen LogP contribution is 2.20. The second-order valence-electron chi connectivity index (χ2n) is 10.6. The number of H-pyrrole nitrogens is 1. The second kappa shape index (κ2) is 14.6. The molecule has 232 valence electrons. The van der Waals surface area contributed by atoms with Gasteiger partial charge in [-0.15, -0.1) is 0 Å². The number of carbonyl (C=O) groups excluding carboxylic acids is 3. The van der Waals surface area contributed by atoms with Crippen molar-refractivity contribution in [3.8, 4) is 6.01 Å². The molecule has 3 heterocycles. The molecule has 5 N–H and O–H groups in total. The van der Waals surface area contributed by atoms with Crippen LogP contribution in [-0.2, 0) is 38.6 Å². The van der Waals surface area contributed by atoms with Crippen molar-refractivity contribution >= 4 is 34.8 Å². The maximum atomic E-state index is 13.6. The largest absolute Gasteiger partial charge is 0.469 e. The molecule has 14 heteroatoms. The van der Waals surface area contributed by atoms with Gasteiger partial charge in [0.2, 0.25) is 11.8 Å². The van der Waals surface area contributed by atoms with Gasteiger partial charge < -0.3 is 30.8 Å². The quantitative estimate of drug-likeness (QED) is 0.168. The third kappa shape index (κ3) is 8.09. The summed E-state index contributed by atoms with van der Waals surface area (Å²) in [6.45, 7) is 4.05. The van der Waals surface area contributed by atoms with Crippen LogP contribution in [0.25, 0.3) is 11.2 Å². The fraction of sp³-hybridized carbons (Fsp3) is 0.517. The van der Waals surface area contributed by atoms with Crippen molar-refractivity contribution in [1.82, 2.24) is 29.3 Å². The van der Waals surface area contributed by atoms with Crippen LogP contribution in [0.15, 0.2) is 29.1 Å². The van der Waals surface area contributed by atoms with Crippen LogP contribution in [0.4, 0.5) is 5.82 Å². The van der Waals surface area contributed by atoms with E-state index in [1.165, 1.54) is 11.7 Å². The molecule has 1 atom stereocenters. The van der Waals surface area contributed by atoms with Gasteiger partial charge in [-0.1, -0.05) is 37.6 Å². The first-order valence-electron chi connectivity index (χ1n) is 14.5. The minimum Gasteiger partial charge on any atom is -0.469 e. The summed E-state index contributed by atoms with van der Waals surface area (Å²) in [5.74, 6) is -0.805. The molecule has 4 rings (SSSR count). The molecular weight excluding hydrogens is 556 g/mol. The molecule has 14 nitrogen and oxygen atoms in total. The number of carbonyl (C=O) groups is 3. The van der Waals surface area contributed by atoms with E-state index >= 15 is 0 Å². The lowest BCUT2D eigenvalue weighted by Crippen LogP contribution is -2.46. The lowest BCUT2D eigenvalue weighted by Gasteiger charge is -2.27. The van der Waals surface area contributed by atoms with Crippen LogP contribution in [0, 0.1) is 0 Å². The summed E-state index contributed by atoms with van der Waals surface area (Å²) in [5.41, 5.74) is 13.6. The number of aromatic amines is 1. The molecule has 2 aromatic heterocycles. The minimum atomic E-state index is -0.466. The Morgan fingerprint density at radius 1 is 1.14 bits per heavy atom. The van der Waals surface area contributed by atoms with Gasteiger partial charge in [-0.25, -0.2) is 4.79 Å². The fourth-order valence-corrected chi connectivity index (χ4v) is 5.16. The molecule has 1 aromatic carbocycles. The van der Waals surface area contributed by atoms with Crippen molar-refractivity contribution in [3.63, 3.8) is 0 Å². The molecule has 1 saturated heterocycles. The number of hydrogen-bond donors (Lipinski definition) is 3. The summed E-state index contributed by atoms with van der Waals surface area (Å²) < 4.78 is 11.8. The number of rotatable bonds is 15. The number of unbranched alkanes of at least 4 members (excludes halogenated alkanes) is 1.